The van der Waals surface area contributed by atoms with Crippen LogP contribution in [-0.4, -0.2) is 27.7 Å². The number of hydrogen-bond donors (Lipinski definition) is 2. The Labute approximate surface area is 168 Å². The molecule has 0 saturated carbocycles. The van der Waals surface area contributed by atoms with Gasteiger partial charge in [0.1, 0.15) is 5.82 Å². The van der Waals surface area contributed by atoms with Crippen LogP contribution in [0.15, 0.2) is 41.1 Å². The molecule has 1 unspecified atom stereocenters. The molecule has 1 aromatic carbocycles. The highest BCUT2D eigenvalue weighted by Crippen LogP contribution is 2.27. The summed E-state index contributed by atoms with van der Waals surface area (Å²) in [4.78, 5) is 21.0. The van der Waals surface area contributed by atoms with Gasteiger partial charge in [0, 0.05) is 27.9 Å². The molecule has 1 atom stereocenters. The Balaban J connectivity index is 1.86. The van der Waals surface area contributed by atoms with Gasteiger partial charge in [0.25, 0.3) is 0 Å². The number of benzene rings is 1. The SMILES string of the molecule is CCOC(=O)C(O)c1ccc(Nc2nc(-c3ccsc3)nc(C)c2CC)cc1. The van der Waals surface area contributed by atoms with E-state index in [1.807, 2.05) is 23.8 Å². The lowest BCUT2D eigenvalue weighted by atomic mass is 10.1. The first-order valence-electron chi connectivity index (χ1n) is 9.15. The number of nitrogens with one attached hydrogen (secondary N) is 1. The molecule has 0 amide bonds. The number of ether oxygens (including phenoxy) is 1. The number of aliphatic hydroxyl groups is 1. The van der Waals surface area contributed by atoms with Crippen molar-refractivity contribution in [3.05, 3.63) is 57.9 Å². The summed E-state index contributed by atoms with van der Waals surface area (Å²) in [6.45, 7) is 5.99. The summed E-state index contributed by atoms with van der Waals surface area (Å²) >= 11 is 1.61. The van der Waals surface area contributed by atoms with Gasteiger partial charge >= 0.3 is 5.97 Å². The fourth-order valence-corrected chi connectivity index (χ4v) is 3.52. The number of nitrogens with zero attached hydrogens (tertiary/aromatic N) is 2. The van der Waals surface area contributed by atoms with Gasteiger partial charge < -0.3 is 15.2 Å². The van der Waals surface area contributed by atoms with Crippen LogP contribution in [0.5, 0.6) is 0 Å². The van der Waals surface area contributed by atoms with E-state index in [1.165, 1.54) is 0 Å². The van der Waals surface area contributed by atoms with Gasteiger partial charge in [-0.3, -0.25) is 0 Å². The van der Waals surface area contributed by atoms with Gasteiger partial charge in [0.2, 0.25) is 0 Å². The number of hydrogen-bond acceptors (Lipinski definition) is 7. The van der Waals surface area contributed by atoms with E-state index in [2.05, 4.69) is 17.2 Å². The molecule has 0 saturated heterocycles. The smallest absolute Gasteiger partial charge is 0.339 e. The maximum Gasteiger partial charge on any atom is 0.339 e. The van der Waals surface area contributed by atoms with Crippen molar-refractivity contribution in [2.75, 3.05) is 11.9 Å². The zero-order valence-electron chi connectivity index (χ0n) is 16.1. The molecular formula is C21H23N3O3S. The van der Waals surface area contributed by atoms with Gasteiger partial charge in [-0.2, -0.15) is 11.3 Å². The topological polar surface area (TPSA) is 84.3 Å². The zero-order valence-corrected chi connectivity index (χ0v) is 16.9. The second-order valence-electron chi connectivity index (χ2n) is 6.23. The molecule has 3 rings (SSSR count). The van der Waals surface area contributed by atoms with Crippen LogP contribution in [0.3, 0.4) is 0 Å². The van der Waals surface area contributed by atoms with Gasteiger partial charge in [-0.15, -0.1) is 0 Å². The van der Waals surface area contributed by atoms with Crippen LogP contribution in [0.25, 0.3) is 11.4 Å². The normalized spacial score (nSPS) is 11.9. The first-order valence-corrected chi connectivity index (χ1v) is 10.1. The van der Waals surface area contributed by atoms with E-state index in [0.717, 1.165) is 34.7 Å². The lowest BCUT2D eigenvalue weighted by Gasteiger charge is -2.15. The van der Waals surface area contributed by atoms with Gasteiger partial charge in [-0.05, 0) is 49.4 Å². The number of anilines is 2. The molecule has 0 fully saturated rings. The molecule has 3 aromatic rings. The second kappa shape index (κ2) is 8.95. The summed E-state index contributed by atoms with van der Waals surface area (Å²) in [6, 6.07) is 9.00. The minimum Gasteiger partial charge on any atom is -0.464 e. The summed E-state index contributed by atoms with van der Waals surface area (Å²) in [5, 5.41) is 17.4. The number of rotatable bonds is 7. The molecule has 2 N–H and O–H groups in total. The van der Waals surface area contributed by atoms with Crippen molar-refractivity contribution in [2.45, 2.75) is 33.3 Å². The maximum atomic E-state index is 11.7. The Morgan fingerprint density at radius 1 is 1.21 bits per heavy atom. The number of aryl methyl sites for hydroxylation is 1. The largest absolute Gasteiger partial charge is 0.464 e. The van der Waals surface area contributed by atoms with E-state index in [4.69, 9.17) is 9.72 Å². The number of esters is 1. The third kappa shape index (κ3) is 4.37. The predicted molar refractivity (Wildman–Crippen MR) is 111 cm³/mol. The van der Waals surface area contributed by atoms with E-state index in [0.29, 0.717) is 11.4 Å². The Kier molecular flexibility index (Phi) is 6.38. The average Bonchev–Trinajstić information content (AvgIpc) is 3.23. The molecule has 2 aromatic heterocycles. The summed E-state index contributed by atoms with van der Waals surface area (Å²) < 4.78 is 4.86. The van der Waals surface area contributed by atoms with Crippen molar-refractivity contribution >= 4 is 28.8 Å². The number of thiophene rings is 1. The summed E-state index contributed by atoms with van der Waals surface area (Å²) in [5.74, 6) is 0.797. The van der Waals surface area contributed by atoms with E-state index in [1.54, 1.807) is 42.5 Å². The highest BCUT2D eigenvalue weighted by atomic mass is 32.1. The average molecular weight is 398 g/mol. The molecule has 0 bridgehead atoms. The van der Waals surface area contributed by atoms with Crippen molar-refractivity contribution in [3.8, 4) is 11.4 Å². The van der Waals surface area contributed by atoms with Gasteiger partial charge in [-0.1, -0.05) is 19.1 Å². The fraction of sp³-hybridized carbons (Fsp3) is 0.286. The second-order valence-corrected chi connectivity index (χ2v) is 7.01. The number of aromatic nitrogens is 2. The lowest BCUT2D eigenvalue weighted by Crippen LogP contribution is -2.15. The molecule has 0 radical (unpaired) electrons. The fourth-order valence-electron chi connectivity index (χ4n) is 2.89. The van der Waals surface area contributed by atoms with Crippen LogP contribution in [0.4, 0.5) is 11.5 Å². The van der Waals surface area contributed by atoms with Crippen LogP contribution in [-0.2, 0) is 16.0 Å². The Morgan fingerprint density at radius 3 is 2.57 bits per heavy atom. The van der Waals surface area contributed by atoms with E-state index in [-0.39, 0.29) is 6.61 Å². The Hall–Kier alpha value is -2.77. The molecular weight excluding hydrogens is 374 g/mol. The molecule has 0 aliphatic heterocycles. The third-order valence-corrected chi connectivity index (χ3v) is 5.03. The molecule has 0 aliphatic rings. The molecule has 7 heteroatoms. The highest BCUT2D eigenvalue weighted by Gasteiger charge is 2.18. The Bertz CT molecular complexity index is 940. The predicted octanol–water partition coefficient (Wildman–Crippen LogP) is 4.42. The van der Waals surface area contributed by atoms with Crippen molar-refractivity contribution in [3.63, 3.8) is 0 Å². The zero-order chi connectivity index (χ0) is 20.1. The highest BCUT2D eigenvalue weighted by molar-refractivity contribution is 7.08. The molecule has 6 nitrogen and oxygen atoms in total. The van der Waals surface area contributed by atoms with Gasteiger partial charge in [0.05, 0.1) is 6.61 Å². The Morgan fingerprint density at radius 2 is 1.96 bits per heavy atom. The lowest BCUT2D eigenvalue weighted by molar-refractivity contribution is -0.153. The van der Waals surface area contributed by atoms with Gasteiger partial charge in [0.15, 0.2) is 11.9 Å². The van der Waals surface area contributed by atoms with E-state index < -0.39 is 12.1 Å². The quantitative estimate of drug-likeness (QED) is 0.574. The maximum absolute atomic E-state index is 11.7. The molecule has 0 aliphatic carbocycles. The first-order chi connectivity index (χ1) is 13.5. The van der Waals surface area contributed by atoms with Crippen LogP contribution < -0.4 is 5.32 Å². The molecule has 0 spiro atoms. The monoisotopic (exact) mass is 397 g/mol. The minimum atomic E-state index is -1.29. The number of carbonyl (C=O) groups excluding carboxylic acids is 1. The van der Waals surface area contributed by atoms with Crippen molar-refractivity contribution < 1.29 is 14.6 Å². The van der Waals surface area contributed by atoms with Crippen LogP contribution in [0, 0.1) is 6.92 Å². The minimum absolute atomic E-state index is 0.231. The summed E-state index contributed by atoms with van der Waals surface area (Å²) in [5.41, 5.74) is 4.28. The number of carbonyl (C=O) groups is 1. The van der Waals surface area contributed by atoms with Crippen molar-refractivity contribution in [1.29, 1.82) is 0 Å². The van der Waals surface area contributed by atoms with E-state index in [9.17, 15) is 9.90 Å². The summed E-state index contributed by atoms with van der Waals surface area (Å²) in [6.07, 6.45) is -0.482. The van der Waals surface area contributed by atoms with Crippen molar-refractivity contribution in [1.82, 2.24) is 9.97 Å². The van der Waals surface area contributed by atoms with Crippen LogP contribution in [0.2, 0.25) is 0 Å². The van der Waals surface area contributed by atoms with Crippen LogP contribution in [0.1, 0.15) is 36.8 Å². The molecule has 28 heavy (non-hydrogen) atoms. The van der Waals surface area contributed by atoms with E-state index >= 15 is 0 Å². The molecule has 146 valence electrons. The molecule has 2 heterocycles. The summed E-state index contributed by atoms with van der Waals surface area (Å²) in [7, 11) is 0. The third-order valence-electron chi connectivity index (χ3n) is 4.35. The number of aliphatic hydroxyl groups excluding tert-OH is 1. The van der Waals surface area contributed by atoms with Crippen molar-refractivity contribution in [2.24, 2.45) is 0 Å². The standard InChI is InChI=1S/C21H23N3O3S/c1-4-17-13(3)22-19(15-10-11-28-12-15)24-20(17)23-16-8-6-14(7-9-16)18(25)21(26)27-5-2/h6-12,18,25H,4-5H2,1-3H3,(H,22,23,24). The van der Waals surface area contributed by atoms with Crippen LogP contribution >= 0.6 is 11.3 Å². The first kappa shape index (κ1) is 20.0. The van der Waals surface area contributed by atoms with Gasteiger partial charge in [-0.25, -0.2) is 14.8 Å².